The molecule has 0 amide bonds. The Balaban J connectivity index is 1.62. The number of furan rings is 2. The first-order valence-electron chi connectivity index (χ1n) is 8.54. The molecule has 0 saturated heterocycles. The summed E-state index contributed by atoms with van der Waals surface area (Å²) in [7, 11) is 0. The summed E-state index contributed by atoms with van der Waals surface area (Å²) in [5.74, 6) is 1.59. The zero-order valence-electron chi connectivity index (χ0n) is 14.7. The lowest BCUT2D eigenvalue weighted by atomic mass is 10.2. The Hall–Kier alpha value is -3.13. The fourth-order valence-electron chi connectivity index (χ4n) is 3.13. The van der Waals surface area contributed by atoms with Crippen molar-refractivity contribution in [3.05, 3.63) is 48.7 Å². The summed E-state index contributed by atoms with van der Waals surface area (Å²) in [5.41, 5.74) is 3.20. The average Bonchev–Trinajstić information content (AvgIpc) is 3.38. The molecule has 0 aliphatic rings. The SMILES string of the molecule is CCn1c(Sc2ncnc3c2oc2ccccc23)nnc1-c1ccoc1C. The number of aromatic nitrogens is 5. The molecule has 1 aromatic carbocycles. The molecule has 8 heteroatoms. The van der Waals surface area contributed by atoms with Crippen LogP contribution in [-0.4, -0.2) is 24.7 Å². The Kier molecular flexibility index (Phi) is 3.71. The van der Waals surface area contributed by atoms with E-state index < -0.39 is 0 Å². The summed E-state index contributed by atoms with van der Waals surface area (Å²) in [6.45, 7) is 4.70. The van der Waals surface area contributed by atoms with E-state index in [1.54, 1.807) is 12.6 Å². The molecule has 4 heterocycles. The minimum atomic E-state index is 0.662. The summed E-state index contributed by atoms with van der Waals surface area (Å²) in [6, 6.07) is 9.75. The highest BCUT2D eigenvalue weighted by Crippen LogP contribution is 2.36. The van der Waals surface area contributed by atoms with Crippen LogP contribution < -0.4 is 0 Å². The van der Waals surface area contributed by atoms with Gasteiger partial charge in [-0.05, 0) is 43.8 Å². The molecule has 0 N–H and O–H groups in total. The van der Waals surface area contributed by atoms with Gasteiger partial charge in [-0.15, -0.1) is 10.2 Å². The van der Waals surface area contributed by atoms with Crippen LogP contribution in [0.4, 0.5) is 0 Å². The van der Waals surface area contributed by atoms with Crippen LogP contribution in [0.15, 0.2) is 61.9 Å². The third kappa shape index (κ3) is 2.52. The second kappa shape index (κ2) is 6.24. The number of hydrogen-bond donors (Lipinski definition) is 0. The molecule has 0 spiro atoms. The summed E-state index contributed by atoms with van der Waals surface area (Å²) in [6.07, 6.45) is 3.22. The van der Waals surface area contributed by atoms with Crippen LogP contribution in [0.2, 0.25) is 0 Å². The Morgan fingerprint density at radius 1 is 1.11 bits per heavy atom. The number of rotatable bonds is 4. The highest BCUT2D eigenvalue weighted by Gasteiger charge is 2.20. The first-order chi connectivity index (χ1) is 13.3. The standard InChI is InChI=1S/C19H15N5O2S/c1-3-24-17(12-8-9-25-11(12)2)22-23-19(24)27-18-16-15(20-10-21-18)13-6-4-5-7-14(13)26-16/h4-10H,3H2,1-2H3. The number of benzene rings is 1. The maximum absolute atomic E-state index is 6.01. The maximum atomic E-state index is 6.01. The molecule has 0 atom stereocenters. The molecular formula is C19H15N5O2S. The van der Waals surface area contributed by atoms with Gasteiger partial charge in [0.05, 0.1) is 11.8 Å². The predicted molar refractivity (Wildman–Crippen MR) is 102 cm³/mol. The monoisotopic (exact) mass is 377 g/mol. The van der Waals surface area contributed by atoms with Gasteiger partial charge in [-0.2, -0.15) is 0 Å². The topological polar surface area (TPSA) is 82.8 Å². The molecule has 0 radical (unpaired) electrons. The van der Waals surface area contributed by atoms with Gasteiger partial charge < -0.3 is 13.4 Å². The van der Waals surface area contributed by atoms with E-state index in [2.05, 4.69) is 27.1 Å². The van der Waals surface area contributed by atoms with E-state index in [-0.39, 0.29) is 0 Å². The van der Waals surface area contributed by atoms with Crippen LogP contribution in [0.1, 0.15) is 12.7 Å². The van der Waals surface area contributed by atoms with E-state index >= 15 is 0 Å². The normalized spacial score (nSPS) is 11.6. The van der Waals surface area contributed by atoms with Crippen molar-refractivity contribution in [1.29, 1.82) is 0 Å². The van der Waals surface area contributed by atoms with E-state index in [9.17, 15) is 0 Å². The number of hydrogen-bond acceptors (Lipinski definition) is 7. The van der Waals surface area contributed by atoms with Gasteiger partial charge in [0.1, 0.15) is 23.2 Å². The second-order valence-electron chi connectivity index (χ2n) is 6.00. The lowest BCUT2D eigenvalue weighted by Crippen LogP contribution is -2.00. The fraction of sp³-hybridized carbons (Fsp3) is 0.158. The van der Waals surface area contributed by atoms with Crippen molar-refractivity contribution >= 4 is 33.8 Å². The van der Waals surface area contributed by atoms with Crippen molar-refractivity contribution < 1.29 is 8.83 Å². The van der Waals surface area contributed by atoms with Gasteiger partial charge in [-0.25, -0.2) is 9.97 Å². The van der Waals surface area contributed by atoms with E-state index in [4.69, 9.17) is 8.83 Å². The highest BCUT2D eigenvalue weighted by atomic mass is 32.2. The number of para-hydroxylation sites is 1. The third-order valence-corrected chi connectivity index (χ3v) is 5.41. The molecule has 7 nitrogen and oxygen atoms in total. The van der Waals surface area contributed by atoms with Crippen molar-refractivity contribution in [2.75, 3.05) is 0 Å². The molecule has 0 aliphatic heterocycles. The zero-order valence-corrected chi connectivity index (χ0v) is 15.5. The van der Waals surface area contributed by atoms with Gasteiger partial charge in [0.15, 0.2) is 21.6 Å². The molecule has 0 bridgehead atoms. The Morgan fingerprint density at radius 3 is 2.81 bits per heavy atom. The van der Waals surface area contributed by atoms with Gasteiger partial charge >= 0.3 is 0 Å². The van der Waals surface area contributed by atoms with Crippen molar-refractivity contribution in [2.45, 2.75) is 30.6 Å². The van der Waals surface area contributed by atoms with Crippen LogP contribution in [-0.2, 0) is 6.54 Å². The Morgan fingerprint density at radius 2 is 2.00 bits per heavy atom. The molecule has 0 aliphatic carbocycles. The van der Waals surface area contributed by atoms with Crippen LogP contribution in [0, 0.1) is 6.92 Å². The fourth-order valence-corrected chi connectivity index (χ4v) is 4.04. The summed E-state index contributed by atoms with van der Waals surface area (Å²) in [5, 5.41) is 11.2. The van der Waals surface area contributed by atoms with Gasteiger partial charge in [-0.3, -0.25) is 0 Å². The quantitative estimate of drug-likeness (QED) is 0.420. The summed E-state index contributed by atoms with van der Waals surface area (Å²) in [4.78, 5) is 8.82. The minimum absolute atomic E-state index is 0.662. The van der Waals surface area contributed by atoms with Crippen LogP contribution in [0.25, 0.3) is 33.5 Å². The van der Waals surface area contributed by atoms with Gasteiger partial charge in [0.25, 0.3) is 0 Å². The molecule has 27 heavy (non-hydrogen) atoms. The molecular weight excluding hydrogens is 362 g/mol. The molecule has 5 rings (SSSR count). The van der Waals surface area contributed by atoms with Gasteiger partial charge in [0.2, 0.25) is 0 Å². The number of nitrogens with zero attached hydrogens (tertiary/aromatic N) is 5. The van der Waals surface area contributed by atoms with Crippen molar-refractivity contribution in [2.24, 2.45) is 0 Å². The highest BCUT2D eigenvalue weighted by molar-refractivity contribution is 7.99. The van der Waals surface area contributed by atoms with Gasteiger partial charge in [-0.1, -0.05) is 12.1 Å². The summed E-state index contributed by atoms with van der Waals surface area (Å²) < 4.78 is 13.5. The van der Waals surface area contributed by atoms with Crippen LogP contribution in [0.3, 0.4) is 0 Å². The Bertz CT molecular complexity index is 1270. The van der Waals surface area contributed by atoms with Crippen LogP contribution >= 0.6 is 11.8 Å². The molecule has 0 fully saturated rings. The van der Waals surface area contributed by atoms with E-state index in [1.165, 1.54) is 11.8 Å². The van der Waals surface area contributed by atoms with Crippen LogP contribution in [0.5, 0.6) is 0 Å². The van der Waals surface area contributed by atoms with E-state index in [0.29, 0.717) is 10.6 Å². The number of fused-ring (bicyclic) bond motifs is 3. The van der Waals surface area contributed by atoms with Crippen molar-refractivity contribution in [1.82, 2.24) is 24.7 Å². The molecule has 5 aromatic rings. The molecule has 0 saturated carbocycles. The predicted octanol–water partition coefficient (Wildman–Crippen LogP) is 4.71. The molecule has 134 valence electrons. The van der Waals surface area contributed by atoms with E-state index in [0.717, 1.165) is 45.3 Å². The maximum Gasteiger partial charge on any atom is 0.197 e. The number of aryl methyl sites for hydroxylation is 1. The zero-order chi connectivity index (χ0) is 18.4. The molecule has 4 aromatic heterocycles. The smallest absolute Gasteiger partial charge is 0.197 e. The largest absolute Gasteiger partial charge is 0.469 e. The average molecular weight is 377 g/mol. The van der Waals surface area contributed by atoms with Crippen molar-refractivity contribution in [3.8, 4) is 11.4 Å². The lowest BCUT2D eigenvalue weighted by molar-refractivity contribution is 0.534. The minimum Gasteiger partial charge on any atom is -0.469 e. The Labute approximate surface area is 158 Å². The first-order valence-corrected chi connectivity index (χ1v) is 9.35. The first kappa shape index (κ1) is 16.1. The summed E-state index contributed by atoms with van der Waals surface area (Å²) >= 11 is 1.42. The molecule has 0 unspecified atom stereocenters. The third-order valence-electron chi connectivity index (χ3n) is 4.45. The van der Waals surface area contributed by atoms with E-state index in [1.807, 2.05) is 41.8 Å². The van der Waals surface area contributed by atoms with Gasteiger partial charge in [0, 0.05) is 11.9 Å². The lowest BCUT2D eigenvalue weighted by Gasteiger charge is -2.06. The van der Waals surface area contributed by atoms with Crippen molar-refractivity contribution in [3.63, 3.8) is 0 Å². The second-order valence-corrected chi connectivity index (χ2v) is 6.95.